The number of alkyl halides is 4. The standard InChI is InChI=1S/C30H48F4N2O11/c1-12-19(38)20(39)21(40)30(43-12)46-23-15(26(31)32)9-6-10-16(23)45-29-18(36-13(2)37)24(22(41)25(47-29)27(33)34)44-17(28(35)42)11-14-7-4-3-5-8-14/h12,14-27,29-30,38-41H,3-11H2,1-2H3,(H2,35,42)(H,36,37)/t12-,15+,16+,17-,18?,19?,20-,21-,22+,23?,24?,25+,29+,30?/m0/s1. The highest BCUT2D eigenvalue weighted by atomic mass is 19.3. The third-order valence-electron chi connectivity index (χ3n) is 9.69. The van der Waals surface area contributed by atoms with Crippen molar-refractivity contribution >= 4 is 11.8 Å². The van der Waals surface area contributed by atoms with Crippen LogP contribution in [0.15, 0.2) is 0 Å². The number of hydrogen-bond acceptors (Lipinski definition) is 11. The van der Waals surface area contributed by atoms with Crippen molar-refractivity contribution in [3.63, 3.8) is 0 Å². The van der Waals surface area contributed by atoms with Gasteiger partial charge in [-0.15, -0.1) is 0 Å². The fourth-order valence-corrected chi connectivity index (χ4v) is 7.12. The first-order valence-electron chi connectivity index (χ1n) is 16.3. The lowest BCUT2D eigenvalue weighted by Crippen LogP contribution is -2.68. The lowest BCUT2D eigenvalue weighted by molar-refractivity contribution is -0.344. The number of hydrogen-bond donors (Lipinski definition) is 6. The summed E-state index contributed by atoms with van der Waals surface area (Å²) in [6, 6.07) is -1.51. The molecule has 4 fully saturated rings. The Balaban J connectivity index is 1.62. The van der Waals surface area contributed by atoms with Gasteiger partial charge in [0, 0.05) is 12.8 Å². The number of ether oxygens (including phenoxy) is 5. The fraction of sp³-hybridized carbons (Fsp3) is 0.933. The van der Waals surface area contributed by atoms with Crippen LogP contribution in [-0.2, 0) is 33.3 Å². The molecule has 272 valence electrons. The quantitative estimate of drug-likeness (QED) is 0.158. The minimum Gasteiger partial charge on any atom is -0.388 e. The van der Waals surface area contributed by atoms with E-state index in [1.54, 1.807) is 0 Å². The molecule has 13 nitrogen and oxygen atoms in total. The smallest absolute Gasteiger partial charge is 0.267 e. The number of nitrogens with one attached hydrogen (secondary N) is 1. The number of nitrogens with two attached hydrogens (primary N) is 1. The van der Waals surface area contributed by atoms with E-state index in [2.05, 4.69) is 5.32 Å². The number of aliphatic hydroxyl groups is 4. The molecule has 2 saturated heterocycles. The summed E-state index contributed by atoms with van der Waals surface area (Å²) in [7, 11) is 0. The molecular formula is C30H48F4N2O11. The number of primary amides is 1. The van der Waals surface area contributed by atoms with E-state index in [1.165, 1.54) is 6.92 Å². The van der Waals surface area contributed by atoms with Crippen LogP contribution in [0.25, 0.3) is 0 Å². The number of halogens is 4. The van der Waals surface area contributed by atoms with Crippen LogP contribution in [0.1, 0.15) is 71.6 Å². The normalized spacial score (nSPS) is 41.1. The van der Waals surface area contributed by atoms with E-state index in [0.717, 1.165) is 39.0 Å². The van der Waals surface area contributed by atoms with Crippen LogP contribution in [0.5, 0.6) is 0 Å². The van der Waals surface area contributed by atoms with Gasteiger partial charge in [-0.3, -0.25) is 9.59 Å². The van der Waals surface area contributed by atoms with Gasteiger partial charge in [-0.25, -0.2) is 17.6 Å². The fourth-order valence-electron chi connectivity index (χ4n) is 7.12. The van der Waals surface area contributed by atoms with Gasteiger partial charge in [-0.2, -0.15) is 0 Å². The van der Waals surface area contributed by atoms with Gasteiger partial charge in [-0.1, -0.05) is 38.5 Å². The van der Waals surface area contributed by atoms with Crippen molar-refractivity contribution in [3.8, 4) is 0 Å². The molecule has 2 heterocycles. The Labute approximate surface area is 270 Å². The highest BCUT2D eigenvalue weighted by Crippen LogP contribution is 2.39. The largest absolute Gasteiger partial charge is 0.388 e. The molecule has 0 radical (unpaired) electrons. The molecule has 4 aliphatic rings. The second-order valence-electron chi connectivity index (χ2n) is 13.1. The van der Waals surface area contributed by atoms with Crippen LogP contribution >= 0.6 is 0 Å². The third-order valence-corrected chi connectivity index (χ3v) is 9.69. The Morgan fingerprint density at radius 1 is 0.830 bits per heavy atom. The van der Waals surface area contributed by atoms with E-state index < -0.39 is 110 Å². The Kier molecular flexibility index (Phi) is 13.6. The number of carbonyl (C=O) groups is 2. The average molecular weight is 689 g/mol. The zero-order valence-electron chi connectivity index (χ0n) is 26.4. The molecular weight excluding hydrogens is 640 g/mol. The Bertz CT molecular complexity index is 1030. The van der Waals surface area contributed by atoms with Crippen molar-refractivity contribution in [1.82, 2.24) is 5.32 Å². The van der Waals surface area contributed by atoms with Gasteiger partial charge >= 0.3 is 0 Å². The molecule has 2 aliphatic heterocycles. The van der Waals surface area contributed by atoms with Crippen molar-refractivity contribution in [1.29, 1.82) is 0 Å². The molecule has 0 spiro atoms. The monoisotopic (exact) mass is 688 g/mol. The van der Waals surface area contributed by atoms with Crippen LogP contribution in [0, 0.1) is 11.8 Å². The van der Waals surface area contributed by atoms with Crippen molar-refractivity contribution in [2.45, 2.75) is 164 Å². The number of carbonyl (C=O) groups excluding carboxylic acids is 2. The summed E-state index contributed by atoms with van der Waals surface area (Å²) in [5.41, 5.74) is 5.63. The zero-order valence-corrected chi connectivity index (χ0v) is 26.4. The topological polar surface area (TPSA) is 199 Å². The van der Waals surface area contributed by atoms with Crippen molar-refractivity contribution in [3.05, 3.63) is 0 Å². The summed E-state index contributed by atoms with van der Waals surface area (Å²) >= 11 is 0. The predicted molar refractivity (Wildman–Crippen MR) is 153 cm³/mol. The summed E-state index contributed by atoms with van der Waals surface area (Å²) in [6.07, 6.45) is -21.1. The van der Waals surface area contributed by atoms with Crippen LogP contribution in [0.4, 0.5) is 17.6 Å². The van der Waals surface area contributed by atoms with Crippen LogP contribution in [0.3, 0.4) is 0 Å². The Morgan fingerprint density at radius 2 is 1.51 bits per heavy atom. The summed E-state index contributed by atoms with van der Waals surface area (Å²) in [6.45, 7) is 2.49. The van der Waals surface area contributed by atoms with Crippen LogP contribution in [0.2, 0.25) is 0 Å². The molecule has 0 aromatic carbocycles. The van der Waals surface area contributed by atoms with Crippen LogP contribution in [-0.4, -0.2) is 125 Å². The summed E-state index contributed by atoms with van der Waals surface area (Å²) in [5, 5.41) is 44.3. The van der Waals surface area contributed by atoms with Crippen LogP contribution < -0.4 is 11.1 Å². The van der Waals surface area contributed by atoms with E-state index in [0.29, 0.717) is 0 Å². The highest BCUT2D eigenvalue weighted by Gasteiger charge is 2.54. The minimum atomic E-state index is -3.29. The summed E-state index contributed by atoms with van der Waals surface area (Å²) in [4.78, 5) is 24.8. The molecule has 0 aromatic rings. The second-order valence-corrected chi connectivity index (χ2v) is 13.1. The van der Waals surface area contributed by atoms with Gasteiger partial charge in [0.15, 0.2) is 12.6 Å². The predicted octanol–water partition coefficient (Wildman–Crippen LogP) is 0.715. The van der Waals surface area contributed by atoms with Crippen molar-refractivity contribution in [2.75, 3.05) is 0 Å². The van der Waals surface area contributed by atoms with E-state index in [9.17, 15) is 47.6 Å². The Morgan fingerprint density at radius 3 is 2.11 bits per heavy atom. The van der Waals surface area contributed by atoms with E-state index >= 15 is 0 Å². The lowest BCUT2D eigenvalue weighted by atomic mass is 9.84. The molecule has 0 bridgehead atoms. The summed E-state index contributed by atoms with van der Waals surface area (Å²) < 4.78 is 85.9. The van der Waals surface area contributed by atoms with Gasteiger partial charge in [-0.05, 0) is 32.1 Å². The number of rotatable bonds is 12. The molecule has 0 aromatic heterocycles. The molecule has 2 aliphatic carbocycles. The second kappa shape index (κ2) is 16.8. The first-order valence-corrected chi connectivity index (χ1v) is 16.3. The SMILES string of the molecule is CC(=O)NC1C(O[C@@H](CC2CCCCC2)C(N)=O)[C@@H](O)[C@H](C(F)F)O[C@H]1O[C@@H]1CCC[C@@H](C(F)F)C1OC1O[C@@H](C)C(O)[C@H](O)[C@@H]1O. The minimum absolute atomic E-state index is 0.0437. The Hall–Kier alpha value is -1.70. The maximum absolute atomic E-state index is 14.3. The maximum Gasteiger partial charge on any atom is 0.267 e. The van der Waals surface area contributed by atoms with Gasteiger partial charge in [0.25, 0.3) is 6.43 Å². The molecule has 17 heteroatoms. The molecule has 4 rings (SSSR count). The van der Waals surface area contributed by atoms with Gasteiger partial charge in [0.05, 0.1) is 18.3 Å². The van der Waals surface area contributed by atoms with Gasteiger partial charge in [0.2, 0.25) is 18.2 Å². The zero-order chi connectivity index (χ0) is 34.6. The molecule has 2 amide bonds. The van der Waals surface area contributed by atoms with E-state index in [4.69, 9.17) is 29.4 Å². The molecule has 47 heavy (non-hydrogen) atoms. The summed E-state index contributed by atoms with van der Waals surface area (Å²) in [5.74, 6) is -3.03. The molecule has 2 saturated carbocycles. The van der Waals surface area contributed by atoms with Crippen molar-refractivity contribution < 1.29 is 71.3 Å². The number of amides is 2. The third kappa shape index (κ3) is 9.30. The maximum atomic E-state index is 14.3. The van der Waals surface area contributed by atoms with E-state index in [-0.39, 0.29) is 31.6 Å². The number of aliphatic hydroxyl groups excluding tert-OH is 4. The highest BCUT2D eigenvalue weighted by molar-refractivity contribution is 5.79. The average Bonchev–Trinajstić information content (AvgIpc) is 3.01. The molecule has 14 atom stereocenters. The molecule has 5 unspecified atom stereocenters. The van der Waals surface area contributed by atoms with Crippen molar-refractivity contribution in [2.24, 2.45) is 17.6 Å². The van der Waals surface area contributed by atoms with Gasteiger partial charge < -0.3 is 55.2 Å². The van der Waals surface area contributed by atoms with Gasteiger partial charge in [0.1, 0.15) is 48.8 Å². The van der Waals surface area contributed by atoms with E-state index in [1.807, 2.05) is 0 Å². The first kappa shape index (κ1) is 38.1. The lowest BCUT2D eigenvalue weighted by Gasteiger charge is -2.48. The molecule has 7 N–H and O–H groups in total. The first-order chi connectivity index (χ1) is 22.2.